The van der Waals surface area contributed by atoms with Crippen LogP contribution in [0.4, 0.5) is 5.69 Å². The summed E-state index contributed by atoms with van der Waals surface area (Å²) in [7, 11) is -3.74. The highest BCUT2D eigenvalue weighted by Gasteiger charge is 2.60. The number of nitrogens with zero attached hydrogens (tertiary/aromatic N) is 3. The van der Waals surface area contributed by atoms with Crippen LogP contribution in [0.1, 0.15) is 28.8 Å². The summed E-state index contributed by atoms with van der Waals surface area (Å²) in [5, 5.41) is 9.82. The van der Waals surface area contributed by atoms with Gasteiger partial charge in [0.05, 0.1) is 6.61 Å². The van der Waals surface area contributed by atoms with Crippen LogP contribution in [0.15, 0.2) is 71.1 Å². The number of carbonyl (C=O) groups is 1. The van der Waals surface area contributed by atoms with Gasteiger partial charge in [0.25, 0.3) is 5.91 Å². The molecule has 196 valence electrons. The topological polar surface area (TPSA) is 122 Å². The van der Waals surface area contributed by atoms with E-state index in [-0.39, 0.29) is 27.3 Å². The molecule has 0 saturated carbocycles. The average Bonchev–Trinajstić information content (AvgIpc) is 3.73. The minimum absolute atomic E-state index is 0.0386. The second-order valence-electron chi connectivity index (χ2n) is 10.1. The standard InChI is InChI=1S/C28H28N4O5S/c29-27-26-24(32(13-14-32)38(35,36)30-27)10-3-11-25(26)37-18-19-5-4-12-31(17-19)28(34)22-8-1-6-20(15-22)21-7-2-9-23(33)16-21/h1-3,6-11,15-16,19H,4-5,12-14,17-18H2,(H2-,29,30,33)/p+1. The van der Waals surface area contributed by atoms with E-state index in [1.807, 2.05) is 35.2 Å². The van der Waals surface area contributed by atoms with Crippen LogP contribution in [0, 0.1) is 5.92 Å². The summed E-state index contributed by atoms with van der Waals surface area (Å²) in [5.41, 5.74) is 9.56. The number of piperidine rings is 1. The van der Waals surface area contributed by atoms with Crippen molar-refractivity contribution in [3.63, 3.8) is 0 Å². The number of hydrogen-bond acceptors (Lipinski definition) is 6. The van der Waals surface area contributed by atoms with Gasteiger partial charge in [-0.1, -0.05) is 34.7 Å². The Hall–Kier alpha value is -3.89. The van der Waals surface area contributed by atoms with Gasteiger partial charge in [-0.3, -0.25) is 4.79 Å². The zero-order valence-electron chi connectivity index (χ0n) is 20.8. The summed E-state index contributed by atoms with van der Waals surface area (Å²) in [6.45, 7) is 2.55. The number of benzene rings is 3. The van der Waals surface area contributed by atoms with Crippen LogP contribution >= 0.6 is 0 Å². The number of phenols is 1. The maximum Gasteiger partial charge on any atom is 0.421 e. The number of fused-ring (bicyclic) bond motifs is 2. The van der Waals surface area contributed by atoms with Crippen molar-refractivity contribution < 1.29 is 23.1 Å². The summed E-state index contributed by atoms with van der Waals surface area (Å²) < 4.78 is 35.0. The summed E-state index contributed by atoms with van der Waals surface area (Å²) in [6.07, 6.45) is 1.78. The predicted octanol–water partition coefficient (Wildman–Crippen LogP) is 3.28. The van der Waals surface area contributed by atoms with Crippen molar-refractivity contribution in [2.75, 3.05) is 32.8 Å². The molecular weight excluding hydrogens is 504 g/mol. The molecule has 3 aliphatic rings. The van der Waals surface area contributed by atoms with E-state index in [4.69, 9.17) is 10.5 Å². The van der Waals surface area contributed by atoms with Gasteiger partial charge in [0.2, 0.25) is 0 Å². The molecule has 2 saturated heterocycles. The van der Waals surface area contributed by atoms with Gasteiger partial charge in [-0.25, -0.2) is 0 Å². The fourth-order valence-corrected chi connectivity index (χ4v) is 6.90. The molecule has 3 aliphatic heterocycles. The maximum atomic E-state index is 13.4. The number of amidine groups is 1. The third kappa shape index (κ3) is 4.19. The molecule has 0 radical (unpaired) electrons. The van der Waals surface area contributed by atoms with Crippen LogP contribution in [-0.2, 0) is 10.2 Å². The first-order valence-electron chi connectivity index (χ1n) is 12.7. The van der Waals surface area contributed by atoms with Gasteiger partial charge in [0, 0.05) is 30.6 Å². The van der Waals surface area contributed by atoms with Crippen molar-refractivity contribution in [1.82, 2.24) is 8.79 Å². The van der Waals surface area contributed by atoms with Gasteiger partial charge in [-0.05, 0) is 54.3 Å². The van der Waals surface area contributed by atoms with Gasteiger partial charge >= 0.3 is 10.2 Å². The lowest BCUT2D eigenvalue weighted by atomic mass is 9.97. The SMILES string of the molecule is NC1=NS(=O)(=O)[N+]2(CC2)c2cccc(OCC3CCCN(C(=O)c4cccc(-c5cccc(O)c5)c4)C3)c21. The lowest BCUT2D eigenvalue weighted by molar-refractivity contribution is 0.0633. The highest BCUT2D eigenvalue weighted by atomic mass is 32.2. The minimum atomic E-state index is -3.74. The Labute approximate surface area is 221 Å². The lowest BCUT2D eigenvalue weighted by Gasteiger charge is -2.33. The van der Waals surface area contributed by atoms with Gasteiger partial charge in [-0.15, -0.1) is 8.42 Å². The number of likely N-dealkylation sites (tertiary alicyclic amines) is 1. The molecular formula is C28H29N4O5S+. The Bertz CT molecular complexity index is 1560. The van der Waals surface area contributed by atoms with E-state index in [1.54, 1.807) is 36.4 Å². The molecule has 6 rings (SSSR count). The van der Waals surface area contributed by atoms with E-state index >= 15 is 0 Å². The Morgan fingerprint density at radius 3 is 2.58 bits per heavy atom. The second kappa shape index (κ2) is 9.14. The molecule has 2 fully saturated rings. The lowest BCUT2D eigenvalue weighted by Crippen LogP contribution is -2.42. The molecule has 3 aromatic rings. The highest BCUT2D eigenvalue weighted by Crippen LogP contribution is 2.45. The van der Waals surface area contributed by atoms with Crippen LogP contribution in [0.25, 0.3) is 11.1 Å². The molecule has 0 bridgehead atoms. The fraction of sp³-hybridized carbons (Fsp3) is 0.286. The molecule has 3 aromatic carbocycles. The number of phenolic OH excluding ortho intramolecular Hbond substituents is 1. The highest BCUT2D eigenvalue weighted by molar-refractivity contribution is 7.90. The Morgan fingerprint density at radius 2 is 1.82 bits per heavy atom. The number of amides is 1. The molecule has 3 N–H and O–H groups in total. The molecule has 1 unspecified atom stereocenters. The third-order valence-corrected chi connectivity index (χ3v) is 9.43. The summed E-state index contributed by atoms with van der Waals surface area (Å²) in [4.78, 5) is 15.2. The van der Waals surface area contributed by atoms with Crippen molar-refractivity contribution >= 4 is 27.6 Å². The van der Waals surface area contributed by atoms with Crippen LogP contribution in [-0.4, -0.2) is 63.0 Å². The monoisotopic (exact) mass is 533 g/mol. The number of rotatable bonds is 5. The molecule has 9 nitrogen and oxygen atoms in total. The van der Waals surface area contributed by atoms with Crippen LogP contribution in [0.5, 0.6) is 11.5 Å². The Kier molecular flexibility index (Phi) is 5.88. The third-order valence-electron chi connectivity index (χ3n) is 7.55. The van der Waals surface area contributed by atoms with E-state index < -0.39 is 10.2 Å². The van der Waals surface area contributed by atoms with E-state index in [9.17, 15) is 18.3 Å². The molecule has 38 heavy (non-hydrogen) atoms. The number of hydrogen-bond donors (Lipinski definition) is 2. The molecule has 0 aliphatic carbocycles. The number of ether oxygens (including phenoxy) is 1. The first-order valence-corrected chi connectivity index (χ1v) is 14.1. The molecule has 10 heteroatoms. The quantitative estimate of drug-likeness (QED) is 0.383. The average molecular weight is 534 g/mol. The molecule has 1 atom stereocenters. The Balaban J connectivity index is 1.16. The molecule has 0 aromatic heterocycles. The molecule has 1 amide bonds. The van der Waals surface area contributed by atoms with Gasteiger partial charge < -0.3 is 20.5 Å². The number of quaternary nitrogens is 1. The zero-order chi connectivity index (χ0) is 26.5. The summed E-state index contributed by atoms with van der Waals surface area (Å²) in [5.74, 6) is 0.735. The smallest absolute Gasteiger partial charge is 0.421 e. The van der Waals surface area contributed by atoms with Crippen molar-refractivity contribution in [2.45, 2.75) is 12.8 Å². The number of aromatic hydroxyl groups is 1. The first-order chi connectivity index (χ1) is 18.3. The van der Waals surface area contributed by atoms with E-state index in [1.165, 1.54) is 0 Å². The summed E-state index contributed by atoms with van der Waals surface area (Å²) in [6, 6.07) is 19.8. The summed E-state index contributed by atoms with van der Waals surface area (Å²) >= 11 is 0. The van der Waals surface area contributed by atoms with Gasteiger partial charge in [0.15, 0.2) is 24.6 Å². The molecule has 3 heterocycles. The van der Waals surface area contributed by atoms with Crippen molar-refractivity contribution in [3.8, 4) is 22.6 Å². The second-order valence-corrected chi connectivity index (χ2v) is 11.9. The number of carbonyl (C=O) groups excluding carboxylic acids is 1. The Morgan fingerprint density at radius 1 is 1.08 bits per heavy atom. The van der Waals surface area contributed by atoms with Crippen molar-refractivity contribution in [1.29, 1.82) is 0 Å². The van der Waals surface area contributed by atoms with Crippen molar-refractivity contribution in [2.24, 2.45) is 16.0 Å². The largest absolute Gasteiger partial charge is 0.508 e. The van der Waals surface area contributed by atoms with Crippen molar-refractivity contribution in [3.05, 3.63) is 77.9 Å². The minimum Gasteiger partial charge on any atom is -0.508 e. The van der Waals surface area contributed by atoms with Gasteiger partial charge in [-0.2, -0.15) is 3.89 Å². The number of nitrogens with two attached hydrogens (primary N) is 1. The van der Waals surface area contributed by atoms with E-state index in [0.717, 1.165) is 24.0 Å². The zero-order valence-corrected chi connectivity index (χ0v) is 21.6. The van der Waals surface area contributed by atoms with Crippen LogP contribution in [0.2, 0.25) is 0 Å². The predicted molar refractivity (Wildman–Crippen MR) is 145 cm³/mol. The van der Waals surface area contributed by atoms with Crippen LogP contribution < -0.4 is 14.4 Å². The van der Waals surface area contributed by atoms with Gasteiger partial charge in [0.1, 0.15) is 17.1 Å². The normalized spacial score (nSPS) is 20.9. The van der Waals surface area contributed by atoms with E-state index in [2.05, 4.69) is 4.40 Å². The first kappa shape index (κ1) is 24.4. The molecule has 1 spiro atoms. The van der Waals surface area contributed by atoms with Crippen LogP contribution in [0.3, 0.4) is 0 Å². The fourth-order valence-electron chi connectivity index (χ4n) is 5.46. The van der Waals surface area contributed by atoms with E-state index in [0.29, 0.717) is 55.3 Å². The maximum absolute atomic E-state index is 13.4.